The van der Waals surface area contributed by atoms with Crippen LogP contribution >= 0.6 is 11.3 Å². The number of carbonyl (C=O) groups excluding carboxylic acids is 1. The molecule has 0 saturated carbocycles. The summed E-state index contributed by atoms with van der Waals surface area (Å²) >= 11 is 1.50. The fourth-order valence-corrected chi connectivity index (χ4v) is 3.81. The van der Waals surface area contributed by atoms with Crippen molar-refractivity contribution in [3.8, 4) is 10.4 Å². The van der Waals surface area contributed by atoms with Gasteiger partial charge in [0.2, 0.25) is 0 Å². The second kappa shape index (κ2) is 9.44. The Labute approximate surface area is 163 Å². The Bertz CT molecular complexity index is 879. The number of halogens is 1. The van der Waals surface area contributed by atoms with E-state index in [9.17, 15) is 9.18 Å². The maximum absolute atomic E-state index is 13.2. The second-order valence-electron chi connectivity index (χ2n) is 6.51. The molecule has 0 aliphatic heterocycles. The average molecular weight is 383 g/mol. The molecule has 0 spiro atoms. The molecule has 0 aliphatic carbocycles. The number of benzene rings is 2. The summed E-state index contributed by atoms with van der Waals surface area (Å²) in [6.07, 6.45) is 0.842. The predicted molar refractivity (Wildman–Crippen MR) is 109 cm³/mol. The van der Waals surface area contributed by atoms with Crippen molar-refractivity contribution in [1.82, 2.24) is 10.2 Å². The topological polar surface area (TPSA) is 32.3 Å². The molecule has 0 aliphatic rings. The van der Waals surface area contributed by atoms with Gasteiger partial charge >= 0.3 is 0 Å². The van der Waals surface area contributed by atoms with Crippen LogP contribution in [0.4, 0.5) is 4.39 Å². The van der Waals surface area contributed by atoms with Gasteiger partial charge in [-0.05, 0) is 55.4 Å². The Morgan fingerprint density at radius 3 is 2.67 bits per heavy atom. The standard InChI is InChI=1S/C22H23FN2OS/c1-25(16-17-7-5-10-19(23)15-17)14-6-13-24-22(26)21-12-11-20(27-21)18-8-3-2-4-9-18/h2-5,7-12,15H,6,13-14,16H2,1H3,(H,24,26). The molecule has 2 aromatic carbocycles. The molecule has 1 amide bonds. The largest absolute Gasteiger partial charge is 0.351 e. The van der Waals surface area contributed by atoms with E-state index in [4.69, 9.17) is 0 Å². The zero-order chi connectivity index (χ0) is 19.1. The van der Waals surface area contributed by atoms with Gasteiger partial charge in [-0.25, -0.2) is 4.39 Å². The quantitative estimate of drug-likeness (QED) is 0.567. The number of hydrogen-bond donors (Lipinski definition) is 1. The molecule has 0 fully saturated rings. The summed E-state index contributed by atoms with van der Waals surface area (Å²) < 4.78 is 13.2. The molecule has 140 valence electrons. The van der Waals surface area contributed by atoms with Crippen LogP contribution in [-0.2, 0) is 6.54 Å². The third-order valence-corrected chi connectivity index (χ3v) is 5.36. The molecule has 1 heterocycles. The van der Waals surface area contributed by atoms with Crippen molar-refractivity contribution in [2.75, 3.05) is 20.1 Å². The van der Waals surface area contributed by atoms with E-state index < -0.39 is 0 Å². The van der Waals surface area contributed by atoms with Crippen LogP contribution in [0.5, 0.6) is 0 Å². The van der Waals surface area contributed by atoms with Crippen molar-refractivity contribution in [2.24, 2.45) is 0 Å². The van der Waals surface area contributed by atoms with Crippen molar-refractivity contribution in [1.29, 1.82) is 0 Å². The number of rotatable bonds is 8. The molecule has 0 bridgehead atoms. The van der Waals surface area contributed by atoms with Gasteiger partial charge < -0.3 is 10.2 Å². The molecular weight excluding hydrogens is 359 g/mol. The first-order valence-corrected chi connectivity index (χ1v) is 9.80. The molecule has 3 nitrogen and oxygen atoms in total. The Morgan fingerprint density at radius 1 is 1.07 bits per heavy atom. The summed E-state index contributed by atoms with van der Waals surface area (Å²) in [7, 11) is 2.00. The molecule has 5 heteroatoms. The van der Waals surface area contributed by atoms with E-state index in [0.29, 0.717) is 13.1 Å². The fourth-order valence-electron chi connectivity index (χ4n) is 2.88. The van der Waals surface area contributed by atoms with Crippen LogP contribution in [0.15, 0.2) is 66.7 Å². The Balaban J connectivity index is 1.41. The van der Waals surface area contributed by atoms with Gasteiger partial charge in [-0.3, -0.25) is 4.79 Å². The van der Waals surface area contributed by atoms with Crippen LogP contribution in [0.2, 0.25) is 0 Å². The summed E-state index contributed by atoms with van der Waals surface area (Å²) in [6, 6.07) is 20.6. The van der Waals surface area contributed by atoms with Gasteiger partial charge in [0.25, 0.3) is 5.91 Å². The zero-order valence-electron chi connectivity index (χ0n) is 15.3. The lowest BCUT2D eigenvalue weighted by atomic mass is 10.2. The maximum atomic E-state index is 13.2. The molecule has 1 aromatic heterocycles. The third-order valence-electron chi connectivity index (χ3n) is 4.23. The second-order valence-corrected chi connectivity index (χ2v) is 7.59. The highest BCUT2D eigenvalue weighted by Gasteiger charge is 2.10. The van der Waals surface area contributed by atoms with Crippen molar-refractivity contribution in [3.63, 3.8) is 0 Å². The first kappa shape index (κ1) is 19.3. The molecule has 1 N–H and O–H groups in total. The van der Waals surface area contributed by atoms with E-state index in [1.165, 1.54) is 17.4 Å². The van der Waals surface area contributed by atoms with Crippen LogP contribution in [-0.4, -0.2) is 30.9 Å². The SMILES string of the molecule is CN(CCCNC(=O)c1ccc(-c2ccccc2)s1)Cc1cccc(F)c1. The molecule has 0 saturated heterocycles. The van der Waals surface area contributed by atoms with Crippen LogP contribution in [0.25, 0.3) is 10.4 Å². The monoisotopic (exact) mass is 382 g/mol. The van der Waals surface area contributed by atoms with Crippen LogP contribution < -0.4 is 5.32 Å². The molecule has 3 aromatic rings. The maximum Gasteiger partial charge on any atom is 0.261 e. The van der Waals surface area contributed by atoms with Crippen molar-refractivity contribution < 1.29 is 9.18 Å². The van der Waals surface area contributed by atoms with Crippen molar-refractivity contribution >= 4 is 17.2 Å². The highest BCUT2D eigenvalue weighted by Crippen LogP contribution is 2.27. The molecule has 0 unspecified atom stereocenters. The van der Waals surface area contributed by atoms with Crippen molar-refractivity contribution in [3.05, 3.63) is 83.0 Å². The number of amides is 1. The highest BCUT2D eigenvalue weighted by atomic mass is 32.1. The number of nitrogens with zero attached hydrogens (tertiary/aromatic N) is 1. The first-order chi connectivity index (χ1) is 13.1. The molecule has 3 rings (SSSR count). The minimum atomic E-state index is -0.209. The Morgan fingerprint density at radius 2 is 1.89 bits per heavy atom. The van der Waals surface area contributed by atoms with Gasteiger partial charge in [0.05, 0.1) is 4.88 Å². The highest BCUT2D eigenvalue weighted by molar-refractivity contribution is 7.17. The first-order valence-electron chi connectivity index (χ1n) is 8.98. The van der Waals surface area contributed by atoms with Gasteiger partial charge in [-0.2, -0.15) is 0 Å². The van der Waals surface area contributed by atoms with Crippen LogP contribution in [0.1, 0.15) is 21.7 Å². The summed E-state index contributed by atoms with van der Waals surface area (Å²) in [5.41, 5.74) is 2.08. The summed E-state index contributed by atoms with van der Waals surface area (Å²) in [5, 5.41) is 2.98. The minimum absolute atomic E-state index is 0.0324. The molecular formula is C22H23FN2OS. The van der Waals surface area contributed by atoms with Gasteiger partial charge in [-0.1, -0.05) is 42.5 Å². The van der Waals surface area contributed by atoms with Gasteiger partial charge in [0.15, 0.2) is 0 Å². The van der Waals surface area contributed by atoms with Crippen LogP contribution in [0.3, 0.4) is 0 Å². The number of thiophene rings is 1. The summed E-state index contributed by atoms with van der Waals surface area (Å²) in [5.74, 6) is -0.242. The third kappa shape index (κ3) is 5.74. The Kier molecular flexibility index (Phi) is 6.74. The predicted octanol–water partition coefficient (Wildman–Crippen LogP) is 4.81. The molecule has 0 radical (unpaired) electrons. The lowest BCUT2D eigenvalue weighted by Crippen LogP contribution is -2.27. The van der Waals surface area contributed by atoms with E-state index >= 15 is 0 Å². The van der Waals surface area contributed by atoms with E-state index in [2.05, 4.69) is 10.2 Å². The van der Waals surface area contributed by atoms with E-state index in [-0.39, 0.29) is 11.7 Å². The van der Waals surface area contributed by atoms with Crippen molar-refractivity contribution in [2.45, 2.75) is 13.0 Å². The average Bonchev–Trinajstić information content (AvgIpc) is 3.16. The zero-order valence-corrected chi connectivity index (χ0v) is 16.1. The van der Waals surface area contributed by atoms with Gasteiger partial charge in [0, 0.05) is 18.0 Å². The smallest absolute Gasteiger partial charge is 0.261 e. The summed E-state index contributed by atoms with van der Waals surface area (Å²) in [6.45, 7) is 2.14. The fraction of sp³-hybridized carbons (Fsp3) is 0.227. The lowest BCUT2D eigenvalue weighted by molar-refractivity contribution is 0.0956. The van der Waals surface area contributed by atoms with Crippen LogP contribution in [0, 0.1) is 5.82 Å². The number of nitrogens with one attached hydrogen (secondary N) is 1. The van der Waals surface area contributed by atoms with E-state index in [1.54, 1.807) is 12.1 Å². The molecule has 0 atom stereocenters. The number of carbonyl (C=O) groups is 1. The van der Waals surface area contributed by atoms with Gasteiger partial charge in [-0.15, -0.1) is 11.3 Å². The Hall–Kier alpha value is -2.50. The molecule has 27 heavy (non-hydrogen) atoms. The summed E-state index contributed by atoms with van der Waals surface area (Å²) in [4.78, 5) is 16.2. The van der Waals surface area contributed by atoms with Gasteiger partial charge in [0.1, 0.15) is 5.82 Å². The lowest BCUT2D eigenvalue weighted by Gasteiger charge is -2.16. The van der Waals surface area contributed by atoms with E-state index in [1.807, 2.05) is 55.6 Å². The minimum Gasteiger partial charge on any atom is -0.351 e. The normalized spacial score (nSPS) is 10.9. The number of hydrogen-bond acceptors (Lipinski definition) is 3. The van der Waals surface area contributed by atoms with E-state index in [0.717, 1.165) is 33.8 Å².